The van der Waals surface area contributed by atoms with Crippen LogP contribution >= 0.6 is 0 Å². The van der Waals surface area contributed by atoms with Crippen molar-refractivity contribution in [3.63, 3.8) is 0 Å². The largest absolute Gasteiger partial charge is 0.388 e. The number of benzene rings is 2. The molecule has 1 atom stereocenters. The molecule has 1 nitrogen and oxygen atoms in total. The third-order valence-corrected chi connectivity index (χ3v) is 3.57. The minimum atomic E-state index is -0.343. The van der Waals surface area contributed by atoms with Crippen molar-refractivity contribution in [1.82, 2.24) is 0 Å². The molecule has 0 spiro atoms. The average Bonchev–Trinajstić information content (AvgIpc) is 2.39. The summed E-state index contributed by atoms with van der Waals surface area (Å²) < 4.78 is 0. The van der Waals surface area contributed by atoms with E-state index in [0.29, 0.717) is 0 Å². The van der Waals surface area contributed by atoms with Crippen LogP contribution in [-0.4, -0.2) is 5.11 Å². The molecule has 1 heteroatoms. The minimum Gasteiger partial charge on any atom is -0.388 e. The lowest BCUT2D eigenvalue weighted by Crippen LogP contribution is -2.01. The van der Waals surface area contributed by atoms with Gasteiger partial charge in [0.05, 0.1) is 6.10 Å². The van der Waals surface area contributed by atoms with Crippen molar-refractivity contribution in [3.8, 4) is 0 Å². The van der Waals surface area contributed by atoms with Crippen molar-refractivity contribution >= 4 is 0 Å². The molecule has 0 fully saturated rings. The molecule has 0 saturated carbocycles. The van der Waals surface area contributed by atoms with Crippen molar-refractivity contribution < 1.29 is 5.11 Å². The molecule has 0 aromatic heterocycles. The molecule has 0 heterocycles. The first-order chi connectivity index (χ1) is 9.16. The molecule has 0 radical (unpaired) electrons. The molecule has 0 aliphatic heterocycles. The van der Waals surface area contributed by atoms with E-state index in [9.17, 15) is 5.11 Å². The molecule has 1 N–H and O–H groups in total. The van der Waals surface area contributed by atoms with Gasteiger partial charge in [-0.15, -0.1) is 0 Å². The normalized spacial score (nSPS) is 12.4. The Hall–Kier alpha value is -1.60. The van der Waals surface area contributed by atoms with Gasteiger partial charge in [0, 0.05) is 0 Å². The second-order valence-corrected chi connectivity index (χ2v) is 5.25. The maximum absolute atomic E-state index is 10.3. The second kappa shape index (κ2) is 6.53. The van der Waals surface area contributed by atoms with Gasteiger partial charge in [0.25, 0.3) is 0 Å². The van der Waals surface area contributed by atoms with Crippen LogP contribution in [0.3, 0.4) is 0 Å². The van der Waals surface area contributed by atoms with Crippen LogP contribution in [0.1, 0.15) is 41.2 Å². The molecule has 0 bridgehead atoms. The number of aryl methyl sites for hydroxylation is 3. The van der Waals surface area contributed by atoms with E-state index < -0.39 is 0 Å². The molecule has 0 saturated heterocycles. The van der Waals surface area contributed by atoms with Crippen molar-refractivity contribution in [3.05, 3.63) is 70.8 Å². The Bertz CT molecular complexity index is 516. The van der Waals surface area contributed by atoms with E-state index in [-0.39, 0.29) is 6.10 Å². The van der Waals surface area contributed by atoms with Crippen molar-refractivity contribution in [2.24, 2.45) is 0 Å². The summed E-state index contributed by atoms with van der Waals surface area (Å²) in [6.45, 7) is 4.15. The van der Waals surface area contributed by atoms with Crippen molar-refractivity contribution in [2.45, 2.75) is 39.2 Å². The Labute approximate surface area is 115 Å². The van der Waals surface area contributed by atoms with Crippen LogP contribution in [-0.2, 0) is 6.42 Å². The minimum absolute atomic E-state index is 0.343. The van der Waals surface area contributed by atoms with Gasteiger partial charge in [-0.05, 0) is 49.8 Å². The quantitative estimate of drug-likeness (QED) is 0.840. The molecule has 2 rings (SSSR count). The zero-order valence-electron chi connectivity index (χ0n) is 11.8. The number of aliphatic hydroxyl groups is 1. The molecule has 2 aromatic rings. The van der Waals surface area contributed by atoms with Gasteiger partial charge < -0.3 is 5.11 Å². The molecule has 100 valence electrons. The van der Waals surface area contributed by atoms with Crippen LogP contribution in [0.5, 0.6) is 0 Å². The summed E-state index contributed by atoms with van der Waals surface area (Å²) in [7, 11) is 0. The molecule has 0 aliphatic rings. The van der Waals surface area contributed by atoms with Gasteiger partial charge in [-0.2, -0.15) is 0 Å². The fourth-order valence-corrected chi connectivity index (χ4v) is 2.50. The van der Waals surface area contributed by atoms with Crippen LogP contribution in [0.15, 0.2) is 48.5 Å². The van der Waals surface area contributed by atoms with Gasteiger partial charge in [0.15, 0.2) is 0 Å². The Kier molecular flexibility index (Phi) is 4.75. The Balaban J connectivity index is 1.89. The summed E-state index contributed by atoms with van der Waals surface area (Å²) in [6, 6.07) is 16.7. The van der Waals surface area contributed by atoms with Gasteiger partial charge in [-0.25, -0.2) is 0 Å². The van der Waals surface area contributed by atoms with Crippen LogP contribution in [0.25, 0.3) is 0 Å². The summed E-state index contributed by atoms with van der Waals surface area (Å²) in [5.41, 5.74) is 4.85. The van der Waals surface area contributed by atoms with Crippen LogP contribution in [0, 0.1) is 13.8 Å². The van der Waals surface area contributed by atoms with E-state index in [1.807, 2.05) is 6.07 Å². The smallest absolute Gasteiger partial charge is 0.0792 e. The van der Waals surface area contributed by atoms with Crippen molar-refractivity contribution in [1.29, 1.82) is 0 Å². The first kappa shape index (κ1) is 13.8. The Morgan fingerprint density at radius 2 is 1.74 bits per heavy atom. The zero-order chi connectivity index (χ0) is 13.7. The van der Waals surface area contributed by atoms with E-state index in [0.717, 1.165) is 24.8 Å². The zero-order valence-corrected chi connectivity index (χ0v) is 11.8. The van der Waals surface area contributed by atoms with E-state index in [1.54, 1.807) is 0 Å². The lowest BCUT2D eigenvalue weighted by Gasteiger charge is -2.14. The summed E-state index contributed by atoms with van der Waals surface area (Å²) in [4.78, 5) is 0. The molecule has 0 aliphatic carbocycles. The number of hydrogen-bond donors (Lipinski definition) is 1. The Morgan fingerprint density at radius 3 is 2.42 bits per heavy atom. The highest BCUT2D eigenvalue weighted by atomic mass is 16.3. The van der Waals surface area contributed by atoms with Gasteiger partial charge in [0.1, 0.15) is 0 Å². The van der Waals surface area contributed by atoms with Crippen LogP contribution < -0.4 is 0 Å². The first-order valence-corrected chi connectivity index (χ1v) is 6.96. The summed E-state index contributed by atoms with van der Waals surface area (Å²) in [6.07, 6.45) is 2.52. The fourth-order valence-electron chi connectivity index (χ4n) is 2.50. The third kappa shape index (κ3) is 3.93. The lowest BCUT2D eigenvalue weighted by molar-refractivity contribution is 0.164. The highest BCUT2D eigenvalue weighted by Gasteiger charge is 2.10. The van der Waals surface area contributed by atoms with Crippen LogP contribution in [0.2, 0.25) is 0 Å². The van der Waals surface area contributed by atoms with E-state index in [2.05, 4.69) is 56.3 Å². The Morgan fingerprint density at radius 1 is 1.00 bits per heavy atom. The number of hydrogen-bond acceptors (Lipinski definition) is 1. The standard InChI is InChI=1S/C18H22O/c1-14-11-12-17(15(2)13-14)18(19)10-6-9-16-7-4-3-5-8-16/h3-5,7-8,11-13,18-19H,6,9-10H2,1-2H3. The predicted molar refractivity (Wildman–Crippen MR) is 80.3 cm³/mol. The van der Waals surface area contributed by atoms with E-state index >= 15 is 0 Å². The van der Waals surface area contributed by atoms with Crippen molar-refractivity contribution in [2.75, 3.05) is 0 Å². The molecular formula is C18H22O. The second-order valence-electron chi connectivity index (χ2n) is 5.25. The van der Waals surface area contributed by atoms with E-state index in [1.165, 1.54) is 16.7 Å². The topological polar surface area (TPSA) is 20.2 Å². The summed E-state index contributed by atoms with van der Waals surface area (Å²) >= 11 is 0. The SMILES string of the molecule is Cc1ccc(C(O)CCCc2ccccc2)c(C)c1. The van der Waals surface area contributed by atoms with Gasteiger partial charge >= 0.3 is 0 Å². The number of rotatable bonds is 5. The summed E-state index contributed by atoms with van der Waals surface area (Å²) in [5, 5.41) is 10.3. The summed E-state index contributed by atoms with van der Waals surface area (Å²) in [5.74, 6) is 0. The molecule has 19 heavy (non-hydrogen) atoms. The maximum Gasteiger partial charge on any atom is 0.0792 e. The number of aliphatic hydroxyl groups excluding tert-OH is 1. The van der Waals surface area contributed by atoms with Gasteiger partial charge in [-0.3, -0.25) is 0 Å². The molecule has 1 unspecified atom stereocenters. The van der Waals surface area contributed by atoms with Crippen LogP contribution in [0.4, 0.5) is 0 Å². The highest BCUT2D eigenvalue weighted by Crippen LogP contribution is 2.23. The fraction of sp³-hybridized carbons (Fsp3) is 0.333. The van der Waals surface area contributed by atoms with E-state index in [4.69, 9.17) is 0 Å². The predicted octanol–water partition coefficient (Wildman–Crippen LogP) is 4.36. The molecular weight excluding hydrogens is 232 g/mol. The average molecular weight is 254 g/mol. The van der Waals surface area contributed by atoms with Gasteiger partial charge in [-0.1, -0.05) is 54.1 Å². The molecule has 0 amide bonds. The highest BCUT2D eigenvalue weighted by molar-refractivity contribution is 5.31. The monoisotopic (exact) mass is 254 g/mol. The third-order valence-electron chi connectivity index (χ3n) is 3.57. The molecule has 2 aromatic carbocycles. The first-order valence-electron chi connectivity index (χ1n) is 6.96. The maximum atomic E-state index is 10.3. The van der Waals surface area contributed by atoms with Gasteiger partial charge in [0.2, 0.25) is 0 Å². The lowest BCUT2D eigenvalue weighted by atomic mass is 9.97.